The molecule has 0 N–H and O–H groups in total. The number of hydrogen-bond acceptors (Lipinski definition) is 2. The van der Waals surface area contributed by atoms with Crippen LogP contribution in [0.2, 0.25) is 0 Å². The number of nitrogens with zero attached hydrogens (tertiary/aromatic N) is 1. The lowest BCUT2D eigenvalue weighted by atomic mass is 10.2. The second kappa shape index (κ2) is 4.63. The van der Waals surface area contributed by atoms with Crippen LogP contribution in [0.5, 0.6) is 0 Å². The lowest BCUT2D eigenvalue weighted by Gasteiger charge is -2.11. The fourth-order valence-electron chi connectivity index (χ4n) is 1.14. The lowest BCUT2D eigenvalue weighted by molar-refractivity contribution is 0.519. The van der Waals surface area contributed by atoms with E-state index in [2.05, 4.69) is 15.9 Å². The summed E-state index contributed by atoms with van der Waals surface area (Å²) in [7, 11) is -0.0774. The molecule has 0 unspecified atom stereocenters. The van der Waals surface area contributed by atoms with Crippen LogP contribution >= 0.6 is 15.9 Å². The number of aryl methyl sites for hydroxylation is 1. The fraction of sp³-hybridized carbons (Fsp3) is 0.400. The molecule has 0 aliphatic heterocycles. The molecule has 0 bridgehead atoms. The van der Waals surface area contributed by atoms with Gasteiger partial charge < -0.3 is 0 Å². The quantitative estimate of drug-likeness (QED) is 0.856. The second-order valence-electron chi connectivity index (χ2n) is 3.62. The van der Waals surface area contributed by atoms with Crippen LogP contribution in [-0.4, -0.2) is 26.8 Å². The van der Waals surface area contributed by atoms with Crippen molar-refractivity contribution in [2.75, 3.05) is 14.1 Å². The molecule has 1 aromatic carbocycles. The summed E-state index contributed by atoms with van der Waals surface area (Å²) in [5.41, 5.74) is 1.85. The zero-order chi connectivity index (χ0) is 11.6. The molecule has 1 rings (SSSR count). The van der Waals surface area contributed by atoms with Gasteiger partial charge in [0.2, 0.25) is 10.0 Å². The first-order chi connectivity index (χ1) is 6.83. The van der Waals surface area contributed by atoms with Crippen molar-refractivity contribution in [1.82, 2.24) is 4.31 Å². The van der Waals surface area contributed by atoms with Crippen LogP contribution in [0.4, 0.5) is 0 Å². The van der Waals surface area contributed by atoms with E-state index in [9.17, 15) is 8.42 Å². The van der Waals surface area contributed by atoms with Gasteiger partial charge in [0.05, 0.1) is 5.75 Å². The highest BCUT2D eigenvalue weighted by atomic mass is 79.9. The molecule has 0 heterocycles. The molecule has 0 aliphatic carbocycles. The van der Waals surface area contributed by atoms with Crippen LogP contribution in [0.1, 0.15) is 11.1 Å². The van der Waals surface area contributed by atoms with Gasteiger partial charge >= 0.3 is 0 Å². The largest absolute Gasteiger partial charge is 0.217 e. The number of halogens is 1. The van der Waals surface area contributed by atoms with Crippen molar-refractivity contribution < 1.29 is 8.42 Å². The van der Waals surface area contributed by atoms with Gasteiger partial charge in [-0.1, -0.05) is 28.1 Å². The van der Waals surface area contributed by atoms with Crippen LogP contribution in [0.15, 0.2) is 22.7 Å². The predicted octanol–water partition coefficient (Wildman–Crippen LogP) is 2.15. The van der Waals surface area contributed by atoms with Crippen LogP contribution in [-0.2, 0) is 15.8 Å². The average molecular weight is 292 g/mol. The maximum absolute atomic E-state index is 11.6. The molecule has 0 spiro atoms. The van der Waals surface area contributed by atoms with Gasteiger partial charge in [0.25, 0.3) is 0 Å². The Kier molecular flexibility index (Phi) is 3.92. The van der Waals surface area contributed by atoms with Crippen LogP contribution in [0, 0.1) is 6.92 Å². The first kappa shape index (κ1) is 12.7. The fourth-order valence-corrected chi connectivity index (χ4v) is 2.24. The van der Waals surface area contributed by atoms with E-state index < -0.39 is 10.0 Å². The predicted molar refractivity (Wildman–Crippen MR) is 65.2 cm³/mol. The summed E-state index contributed by atoms with van der Waals surface area (Å²) in [6.07, 6.45) is 0. The summed E-state index contributed by atoms with van der Waals surface area (Å²) in [4.78, 5) is 0. The molecule has 0 aromatic heterocycles. The molecule has 5 heteroatoms. The van der Waals surface area contributed by atoms with Crippen molar-refractivity contribution in [3.05, 3.63) is 33.8 Å². The van der Waals surface area contributed by atoms with Crippen molar-refractivity contribution in [1.29, 1.82) is 0 Å². The molecule has 0 amide bonds. The van der Waals surface area contributed by atoms with Crippen molar-refractivity contribution in [2.45, 2.75) is 12.7 Å². The zero-order valence-electron chi connectivity index (χ0n) is 8.99. The van der Waals surface area contributed by atoms with E-state index in [1.54, 1.807) is 14.1 Å². The van der Waals surface area contributed by atoms with Crippen molar-refractivity contribution in [3.63, 3.8) is 0 Å². The average Bonchev–Trinajstić information content (AvgIpc) is 2.10. The molecule has 0 fully saturated rings. The topological polar surface area (TPSA) is 37.4 Å². The Morgan fingerprint density at radius 3 is 2.40 bits per heavy atom. The smallest absolute Gasteiger partial charge is 0.212 e. The van der Waals surface area contributed by atoms with Crippen LogP contribution in [0.25, 0.3) is 0 Å². The van der Waals surface area contributed by atoms with E-state index in [1.165, 1.54) is 4.31 Å². The molecule has 0 radical (unpaired) electrons. The van der Waals surface area contributed by atoms with E-state index in [0.29, 0.717) is 0 Å². The highest BCUT2D eigenvalue weighted by Crippen LogP contribution is 2.18. The zero-order valence-corrected chi connectivity index (χ0v) is 11.4. The van der Waals surface area contributed by atoms with Gasteiger partial charge in [0.15, 0.2) is 0 Å². The molecular weight excluding hydrogens is 278 g/mol. The molecule has 0 saturated carbocycles. The Morgan fingerprint density at radius 1 is 1.33 bits per heavy atom. The third-order valence-electron chi connectivity index (χ3n) is 2.13. The molecular formula is C10H14BrNO2S. The van der Waals surface area contributed by atoms with Gasteiger partial charge in [-0.2, -0.15) is 0 Å². The van der Waals surface area contributed by atoms with Gasteiger partial charge in [-0.05, 0) is 24.1 Å². The summed E-state index contributed by atoms with van der Waals surface area (Å²) in [6, 6.07) is 5.57. The van der Waals surface area contributed by atoms with Gasteiger partial charge in [-0.15, -0.1) is 0 Å². The number of sulfonamides is 1. The van der Waals surface area contributed by atoms with E-state index in [0.717, 1.165) is 15.6 Å². The normalized spacial score (nSPS) is 12.1. The number of hydrogen-bond donors (Lipinski definition) is 0. The van der Waals surface area contributed by atoms with E-state index >= 15 is 0 Å². The minimum Gasteiger partial charge on any atom is -0.212 e. The van der Waals surface area contributed by atoms with Gasteiger partial charge in [-0.25, -0.2) is 12.7 Å². The second-order valence-corrected chi connectivity index (χ2v) is 6.66. The molecule has 15 heavy (non-hydrogen) atoms. The molecule has 1 aromatic rings. The van der Waals surface area contributed by atoms with Crippen LogP contribution in [0.3, 0.4) is 0 Å². The van der Waals surface area contributed by atoms with Crippen molar-refractivity contribution >= 4 is 26.0 Å². The molecule has 0 aliphatic rings. The first-order valence-corrected chi connectivity index (χ1v) is 6.88. The molecule has 3 nitrogen and oxygen atoms in total. The third kappa shape index (κ3) is 3.29. The van der Waals surface area contributed by atoms with E-state index in [1.807, 2.05) is 25.1 Å². The Hall–Kier alpha value is -0.390. The van der Waals surface area contributed by atoms with E-state index in [-0.39, 0.29) is 5.75 Å². The highest BCUT2D eigenvalue weighted by Gasteiger charge is 2.14. The minimum absolute atomic E-state index is 0.0497. The molecule has 0 saturated heterocycles. The maximum atomic E-state index is 11.6. The first-order valence-electron chi connectivity index (χ1n) is 4.48. The van der Waals surface area contributed by atoms with Crippen LogP contribution < -0.4 is 0 Å². The lowest BCUT2D eigenvalue weighted by Crippen LogP contribution is -2.23. The maximum Gasteiger partial charge on any atom is 0.217 e. The Labute approximate surface area is 99.3 Å². The summed E-state index contributed by atoms with van der Waals surface area (Å²) in [6.45, 7) is 1.94. The van der Waals surface area contributed by atoms with Gasteiger partial charge in [-0.3, -0.25) is 0 Å². The Bertz CT molecular complexity index is 454. The number of rotatable bonds is 3. The molecule has 0 atom stereocenters. The summed E-state index contributed by atoms with van der Waals surface area (Å²) >= 11 is 3.38. The van der Waals surface area contributed by atoms with Gasteiger partial charge in [0.1, 0.15) is 0 Å². The third-order valence-corrected chi connectivity index (χ3v) is 4.83. The minimum atomic E-state index is -3.16. The Morgan fingerprint density at radius 2 is 1.93 bits per heavy atom. The summed E-state index contributed by atoms with van der Waals surface area (Å²) in [5, 5.41) is 0. The summed E-state index contributed by atoms with van der Waals surface area (Å²) in [5.74, 6) is 0.0497. The Balaban J connectivity index is 2.96. The van der Waals surface area contributed by atoms with Crippen molar-refractivity contribution in [3.8, 4) is 0 Å². The molecule has 84 valence electrons. The van der Waals surface area contributed by atoms with Gasteiger partial charge in [0, 0.05) is 18.6 Å². The van der Waals surface area contributed by atoms with Crippen molar-refractivity contribution in [2.24, 2.45) is 0 Å². The summed E-state index contributed by atoms with van der Waals surface area (Å²) < 4.78 is 25.5. The SMILES string of the molecule is Cc1cc(CS(=O)(=O)N(C)C)ccc1Br. The van der Waals surface area contributed by atoms with E-state index in [4.69, 9.17) is 0 Å². The number of benzene rings is 1. The monoisotopic (exact) mass is 291 g/mol. The highest BCUT2D eigenvalue weighted by molar-refractivity contribution is 9.10. The standard InChI is InChI=1S/C10H14BrNO2S/c1-8-6-9(4-5-10(8)11)7-15(13,14)12(2)3/h4-6H,7H2,1-3H3.